The highest BCUT2D eigenvalue weighted by Crippen LogP contribution is 2.19. The molecule has 1 rings (SSSR count). The molecule has 6 nitrogen and oxygen atoms in total. The summed E-state index contributed by atoms with van der Waals surface area (Å²) in [5, 5.41) is 34.8. The molecule has 0 aliphatic heterocycles. The van der Waals surface area contributed by atoms with E-state index >= 15 is 0 Å². The molecule has 0 unspecified atom stereocenters. The standard InChI is InChI=1S/C6H14O2.C5H6BNO3/c1-5(2,7)6(3,4)8;8-6(9)10-5-1-3-7-4-2-5/h7-8H,1-4H3;1-4,8-9H. The third kappa shape index (κ3) is 7.23. The Morgan fingerprint density at radius 2 is 1.39 bits per heavy atom. The third-order valence-electron chi connectivity index (χ3n) is 2.39. The van der Waals surface area contributed by atoms with Crippen LogP contribution in [0.15, 0.2) is 24.5 Å². The molecular formula is C11H20BNO5. The number of hydrogen-bond donors (Lipinski definition) is 4. The van der Waals surface area contributed by atoms with Crippen LogP contribution in [-0.2, 0) is 0 Å². The van der Waals surface area contributed by atoms with Gasteiger partial charge in [-0.3, -0.25) is 4.98 Å². The van der Waals surface area contributed by atoms with Gasteiger partial charge in [0.05, 0.1) is 11.2 Å². The van der Waals surface area contributed by atoms with Crippen molar-refractivity contribution in [1.29, 1.82) is 0 Å². The molecule has 7 heteroatoms. The van der Waals surface area contributed by atoms with E-state index in [4.69, 9.17) is 20.3 Å². The minimum atomic E-state index is -1.76. The van der Waals surface area contributed by atoms with Gasteiger partial charge in [-0.2, -0.15) is 0 Å². The Morgan fingerprint density at radius 1 is 1.00 bits per heavy atom. The van der Waals surface area contributed by atoms with E-state index in [1.807, 2.05) is 0 Å². The van der Waals surface area contributed by atoms with Gasteiger partial charge in [-0.15, -0.1) is 0 Å². The molecule has 102 valence electrons. The van der Waals surface area contributed by atoms with Crippen LogP contribution in [-0.4, -0.2) is 43.8 Å². The summed E-state index contributed by atoms with van der Waals surface area (Å²) in [6.07, 6.45) is 3.00. The second-order valence-electron chi connectivity index (χ2n) is 4.75. The number of hydrogen-bond acceptors (Lipinski definition) is 6. The van der Waals surface area contributed by atoms with Crippen molar-refractivity contribution in [2.45, 2.75) is 38.9 Å². The van der Waals surface area contributed by atoms with Gasteiger partial charge >= 0.3 is 7.32 Å². The highest BCUT2D eigenvalue weighted by molar-refractivity contribution is 6.33. The summed E-state index contributed by atoms with van der Waals surface area (Å²) in [5.74, 6) is 0.380. The van der Waals surface area contributed by atoms with Gasteiger partial charge < -0.3 is 24.9 Å². The van der Waals surface area contributed by atoms with Crippen LogP contribution < -0.4 is 4.65 Å². The Labute approximate surface area is 107 Å². The van der Waals surface area contributed by atoms with Gasteiger partial charge in [0, 0.05) is 12.4 Å². The van der Waals surface area contributed by atoms with Crippen LogP contribution in [0.25, 0.3) is 0 Å². The first-order chi connectivity index (χ1) is 8.04. The smallest absolute Gasteiger partial charge is 0.512 e. The van der Waals surface area contributed by atoms with Crippen LogP contribution in [0.3, 0.4) is 0 Å². The largest absolute Gasteiger partial charge is 0.707 e. The minimum Gasteiger partial charge on any atom is -0.512 e. The average molecular weight is 257 g/mol. The predicted octanol–water partition coefficient (Wildman–Crippen LogP) is -0.0419. The maximum atomic E-state index is 9.10. The summed E-state index contributed by atoms with van der Waals surface area (Å²) in [5.41, 5.74) is -2.01. The molecule has 0 fully saturated rings. The maximum absolute atomic E-state index is 9.10. The van der Waals surface area contributed by atoms with Crippen molar-refractivity contribution in [3.63, 3.8) is 0 Å². The van der Waals surface area contributed by atoms with E-state index in [0.29, 0.717) is 5.75 Å². The topological polar surface area (TPSA) is 103 Å². The van der Waals surface area contributed by atoms with E-state index in [9.17, 15) is 0 Å². The first-order valence-corrected chi connectivity index (χ1v) is 5.41. The third-order valence-corrected chi connectivity index (χ3v) is 2.39. The fourth-order valence-electron chi connectivity index (χ4n) is 0.539. The van der Waals surface area contributed by atoms with E-state index in [0.717, 1.165) is 0 Å². The van der Waals surface area contributed by atoms with Crippen LogP contribution in [0.5, 0.6) is 5.75 Å². The van der Waals surface area contributed by atoms with Crippen molar-refractivity contribution < 1.29 is 24.9 Å². The van der Waals surface area contributed by atoms with Crippen molar-refractivity contribution in [2.24, 2.45) is 0 Å². The number of aromatic nitrogens is 1. The molecule has 0 radical (unpaired) electrons. The molecule has 0 atom stereocenters. The number of pyridine rings is 1. The van der Waals surface area contributed by atoms with Crippen LogP contribution in [0.4, 0.5) is 0 Å². The molecule has 0 aliphatic rings. The quantitative estimate of drug-likeness (QED) is 0.566. The summed E-state index contributed by atoms with van der Waals surface area (Å²) in [7, 11) is -1.76. The van der Waals surface area contributed by atoms with E-state index in [2.05, 4.69) is 9.64 Å². The van der Waals surface area contributed by atoms with Gasteiger partial charge in [0.2, 0.25) is 0 Å². The van der Waals surface area contributed by atoms with Gasteiger partial charge in [0.15, 0.2) is 0 Å². The normalized spacial score (nSPS) is 11.3. The van der Waals surface area contributed by atoms with Gasteiger partial charge in [-0.25, -0.2) is 0 Å². The van der Waals surface area contributed by atoms with E-state index in [-0.39, 0.29) is 0 Å². The van der Waals surface area contributed by atoms with Gasteiger partial charge in [-0.1, -0.05) is 0 Å². The maximum Gasteiger partial charge on any atom is 0.707 e. The Balaban J connectivity index is 0.000000331. The molecule has 1 aromatic rings. The first kappa shape index (κ1) is 16.9. The zero-order valence-corrected chi connectivity index (χ0v) is 11.0. The lowest BCUT2D eigenvalue weighted by atomic mass is 9.90. The molecule has 0 amide bonds. The second kappa shape index (κ2) is 6.70. The van der Waals surface area contributed by atoms with E-state index in [1.165, 1.54) is 24.5 Å². The minimum absolute atomic E-state index is 0.380. The fraction of sp³-hybridized carbons (Fsp3) is 0.545. The van der Waals surface area contributed by atoms with Crippen LogP contribution >= 0.6 is 0 Å². The molecule has 0 saturated heterocycles. The van der Waals surface area contributed by atoms with Gasteiger partial charge in [0.1, 0.15) is 5.75 Å². The van der Waals surface area contributed by atoms with Crippen molar-refractivity contribution >= 4 is 7.32 Å². The van der Waals surface area contributed by atoms with Crippen LogP contribution in [0.1, 0.15) is 27.7 Å². The molecule has 0 spiro atoms. The average Bonchev–Trinajstić information content (AvgIpc) is 2.15. The number of aliphatic hydroxyl groups is 2. The Morgan fingerprint density at radius 3 is 1.67 bits per heavy atom. The Bertz CT molecular complexity index is 320. The number of nitrogens with zero attached hydrogens (tertiary/aromatic N) is 1. The van der Waals surface area contributed by atoms with Crippen molar-refractivity contribution in [3.8, 4) is 5.75 Å². The lowest BCUT2D eigenvalue weighted by Crippen LogP contribution is -2.44. The molecule has 4 N–H and O–H groups in total. The molecule has 1 aromatic heterocycles. The zero-order valence-electron chi connectivity index (χ0n) is 11.0. The monoisotopic (exact) mass is 257 g/mol. The Kier molecular flexibility index (Phi) is 6.27. The molecule has 1 heterocycles. The lowest BCUT2D eigenvalue weighted by molar-refractivity contribution is -0.107. The summed E-state index contributed by atoms with van der Waals surface area (Å²) in [6, 6.07) is 3.05. The molecule has 0 bridgehead atoms. The molecular weight excluding hydrogens is 237 g/mol. The van der Waals surface area contributed by atoms with Crippen LogP contribution in [0.2, 0.25) is 0 Å². The SMILES string of the molecule is CC(C)(O)C(C)(C)O.OB(O)Oc1ccncc1. The van der Waals surface area contributed by atoms with E-state index in [1.54, 1.807) is 27.7 Å². The van der Waals surface area contributed by atoms with Crippen LogP contribution in [0, 0.1) is 0 Å². The zero-order chi connectivity index (χ0) is 14.4. The lowest BCUT2D eigenvalue weighted by Gasteiger charge is -2.31. The fourth-order valence-corrected chi connectivity index (χ4v) is 0.539. The summed E-state index contributed by atoms with van der Waals surface area (Å²) < 4.78 is 4.49. The number of rotatable bonds is 3. The van der Waals surface area contributed by atoms with Gasteiger partial charge in [0.25, 0.3) is 0 Å². The van der Waals surface area contributed by atoms with Crippen molar-refractivity contribution in [1.82, 2.24) is 4.98 Å². The predicted molar refractivity (Wildman–Crippen MR) is 67.7 cm³/mol. The van der Waals surface area contributed by atoms with E-state index < -0.39 is 18.5 Å². The summed E-state index contributed by atoms with van der Waals surface area (Å²) in [6.45, 7) is 6.31. The highest BCUT2D eigenvalue weighted by atomic mass is 16.6. The summed E-state index contributed by atoms with van der Waals surface area (Å²) in [4.78, 5) is 3.71. The molecule has 0 aliphatic carbocycles. The molecule has 0 saturated carbocycles. The van der Waals surface area contributed by atoms with Gasteiger partial charge in [-0.05, 0) is 39.8 Å². The second-order valence-corrected chi connectivity index (χ2v) is 4.75. The van der Waals surface area contributed by atoms with Crippen molar-refractivity contribution in [2.75, 3.05) is 0 Å². The molecule has 0 aromatic carbocycles. The first-order valence-electron chi connectivity index (χ1n) is 5.41. The molecule has 18 heavy (non-hydrogen) atoms. The van der Waals surface area contributed by atoms with Crippen molar-refractivity contribution in [3.05, 3.63) is 24.5 Å². The highest BCUT2D eigenvalue weighted by Gasteiger charge is 2.31. The summed E-state index contributed by atoms with van der Waals surface area (Å²) >= 11 is 0. The Hall–Kier alpha value is -1.15.